The van der Waals surface area contributed by atoms with Crippen molar-refractivity contribution in [2.24, 2.45) is 0 Å². The van der Waals surface area contributed by atoms with Crippen LogP contribution in [0, 0.1) is 0 Å². The van der Waals surface area contributed by atoms with Crippen LogP contribution < -0.4 is 10.2 Å². The summed E-state index contributed by atoms with van der Waals surface area (Å²) in [5.41, 5.74) is 2.69. The predicted molar refractivity (Wildman–Crippen MR) is 80.6 cm³/mol. The molecule has 2 N–H and O–H groups in total. The lowest BCUT2D eigenvalue weighted by Gasteiger charge is -2.41. The average molecular weight is 262 g/mol. The number of hydrogen-bond donors (Lipinski definition) is 2. The third-order valence-corrected chi connectivity index (χ3v) is 4.22. The van der Waals surface area contributed by atoms with Crippen LogP contribution >= 0.6 is 0 Å². The van der Waals surface area contributed by atoms with Crippen LogP contribution in [-0.4, -0.2) is 31.3 Å². The SMILES string of the molecule is CNC(C)c1ccccc1N(CCCO)C1CCC1. The average Bonchev–Trinajstić information content (AvgIpc) is 2.40. The highest BCUT2D eigenvalue weighted by Crippen LogP contribution is 2.33. The van der Waals surface area contributed by atoms with Crippen molar-refractivity contribution in [3.05, 3.63) is 29.8 Å². The van der Waals surface area contributed by atoms with Crippen LogP contribution in [0.5, 0.6) is 0 Å². The minimum Gasteiger partial charge on any atom is -0.396 e. The van der Waals surface area contributed by atoms with Crippen molar-refractivity contribution in [2.75, 3.05) is 25.1 Å². The van der Waals surface area contributed by atoms with Crippen LogP contribution in [0.15, 0.2) is 24.3 Å². The molecule has 0 amide bonds. The number of aliphatic hydroxyl groups excluding tert-OH is 1. The topological polar surface area (TPSA) is 35.5 Å². The molecule has 1 aliphatic carbocycles. The summed E-state index contributed by atoms with van der Waals surface area (Å²) in [6, 6.07) is 9.67. The monoisotopic (exact) mass is 262 g/mol. The summed E-state index contributed by atoms with van der Waals surface area (Å²) in [6.07, 6.45) is 4.75. The fraction of sp³-hybridized carbons (Fsp3) is 0.625. The van der Waals surface area contributed by atoms with E-state index in [2.05, 4.69) is 41.4 Å². The van der Waals surface area contributed by atoms with Gasteiger partial charge in [-0.2, -0.15) is 0 Å². The minimum atomic E-state index is 0.271. The molecule has 0 spiro atoms. The molecule has 1 aromatic rings. The van der Waals surface area contributed by atoms with Crippen LogP contribution in [0.25, 0.3) is 0 Å². The first-order chi connectivity index (χ1) is 9.27. The Hall–Kier alpha value is -1.06. The van der Waals surface area contributed by atoms with Crippen molar-refractivity contribution in [3.63, 3.8) is 0 Å². The first kappa shape index (κ1) is 14.4. The van der Waals surface area contributed by atoms with Gasteiger partial charge in [0, 0.05) is 30.9 Å². The van der Waals surface area contributed by atoms with E-state index in [0.29, 0.717) is 12.1 Å². The molecule has 3 heteroatoms. The highest BCUT2D eigenvalue weighted by atomic mass is 16.3. The van der Waals surface area contributed by atoms with Gasteiger partial charge < -0.3 is 15.3 Å². The van der Waals surface area contributed by atoms with Gasteiger partial charge in [0.15, 0.2) is 0 Å². The summed E-state index contributed by atoms with van der Waals surface area (Å²) in [5.74, 6) is 0. The molecule has 1 aliphatic rings. The molecule has 0 radical (unpaired) electrons. The third kappa shape index (κ3) is 3.28. The van der Waals surface area contributed by atoms with Gasteiger partial charge in [-0.15, -0.1) is 0 Å². The summed E-state index contributed by atoms with van der Waals surface area (Å²) in [7, 11) is 2.00. The third-order valence-electron chi connectivity index (χ3n) is 4.22. The number of rotatable bonds is 7. The molecule has 1 aromatic carbocycles. The molecule has 1 saturated carbocycles. The van der Waals surface area contributed by atoms with Gasteiger partial charge in [-0.25, -0.2) is 0 Å². The summed E-state index contributed by atoms with van der Waals surface area (Å²) < 4.78 is 0. The van der Waals surface area contributed by atoms with E-state index in [-0.39, 0.29) is 6.61 Å². The highest BCUT2D eigenvalue weighted by molar-refractivity contribution is 5.56. The summed E-state index contributed by atoms with van der Waals surface area (Å²) in [5, 5.41) is 12.5. The van der Waals surface area contributed by atoms with E-state index in [9.17, 15) is 0 Å². The second-order valence-electron chi connectivity index (χ2n) is 5.42. The molecule has 2 rings (SSSR count). The number of aliphatic hydroxyl groups is 1. The Balaban J connectivity index is 2.24. The Kier molecular flexibility index (Phi) is 5.23. The van der Waals surface area contributed by atoms with Gasteiger partial charge in [-0.1, -0.05) is 18.2 Å². The maximum Gasteiger partial charge on any atom is 0.0447 e. The van der Waals surface area contributed by atoms with Crippen molar-refractivity contribution < 1.29 is 5.11 Å². The summed E-state index contributed by atoms with van der Waals surface area (Å²) >= 11 is 0. The van der Waals surface area contributed by atoms with Crippen molar-refractivity contribution in [1.82, 2.24) is 5.32 Å². The standard InChI is InChI=1S/C16H26N2O/c1-13(17-2)15-9-3-4-10-16(15)18(11-6-12-19)14-7-5-8-14/h3-4,9-10,13-14,17,19H,5-8,11-12H2,1-2H3. The van der Waals surface area contributed by atoms with Gasteiger partial charge >= 0.3 is 0 Å². The molecular weight excluding hydrogens is 236 g/mol. The van der Waals surface area contributed by atoms with E-state index < -0.39 is 0 Å². The Morgan fingerprint density at radius 3 is 2.68 bits per heavy atom. The first-order valence-electron chi connectivity index (χ1n) is 7.41. The molecule has 1 atom stereocenters. The van der Waals surface area contributed by atoms with E-state index >= 15 is 0 Å². The Morgan fingerprint density at radius 1 is 1.37 bits per heavy atom. The fourth-order valence-corrected chi connectivity index (χ4v) is 2.71. The van der Waals surface area contributed by atoms with E-state index in [4.69, 9.17) is 5.11 Å². The lowest BCUT2D eigenvalue weighted by molar-refractivity contribution is 0.283. The molecule has 0 heterocycles. The molecule has 0 bridgehead atoms. The second kappa shape index (κ2) is 6.92. The molecule has 3 nitrogen and oxygen atoms in total. The van der Waals surface area contributed by atoms with Crippen LogP contribution in [0.4, 0.5) is 5.69 Å². The zero-order valence-electron chi connectivity index (χ0n) is 12.1. The maximum atomic E-state index is 9.12. The number of hydrogen-bond acceptors (Lipinski definition) is 3. The summed E-state index contributed by atoms with van der Waals surface area (Å²) in [4.78, 5) is 2.50. The molecule has 1 unspecified atom stereocenters. The number of benzene rings is 1. The molecule has 0 saturated heterocycles. The Labute approximate surface area is 116 Å². The Bertz CT molecular complexity index is 390. The molecule has 19 heavy (non-hydrogen) atoms. The van der Waals surface area contributed by atoms with E-state index in [0.717, 1.165) is 13.0 Å². The number of para-hydroxylation sites is 1. The van der Waals surface area contributed by atoms with E-state index in [1.807, 2.05) is 7.05 Å². The van der Waals surface area contributed by atoms with Gasteiger partial charge in [0.2, 0.25) is 0 Å². The lowest BCUT2D eigenvalue weighted by Crippen LogP contribution is -2.42. The van der Waals surface area contributed by atoms with Gasteiger partial charge in [-0.3, -0.25) is 0 Å². The van der Waals surface area contributed by atoms with Crippen molar-refractivity contribution >= 4 is 5.69 Å². The smallest absolute Gasteiger partial charge is 0.0447 e. The maximum absolute atomic E-state index is 9.12. The van der Waals surface area contributed by atoms with Crippen molar-refractivity contribution in [2.45, 2.75) is 44.7 Å². The van der Waals surface area contributed by atoms with Crippen molar-refractivity contribution in [3.8, 4) is 0 Å². The lowest BCUT2D eigenvalue weighted by atomic mass is 9.90. The largest absolute Gasteiger partial charge is 0.396 e. The van der Waals surface area contributed by atoms with E-state index in [1.165, 1.54) is 30.5 Å². The van der Waals surface area contributed by atoms with E-state index in [1.54, 1.807) is 0 Å². The number of nitrogens with zero attached hydrogens (tertiary/aromatic N) is 1. The zero-order valence-corrected chi connectivity index (χ0v) is 12.1. The molecular formula is C16H26N2O. The van der Waals surface area contributed by atoms with Crippen LogP contribution in [0.3, 0.4) is 0 Å². The number of anilines is 1. The molecule has 106 valence electrons. The Morgan fingerprint density at radius 2 is 2.11 bits per heavy atom. The highest BCUT2D eigenvalue weighted by Gasteiger charge is 2.26. The van der Waals surface area contributed by atoms with Crippen LogP contribution in [0.1, 0.15) is 44.2 Å². The van der Waals surface area contributed by atoms with Gasteiger partial charge in [0.1, 0.15) is 0 Å². The van der Waals surface area contributed by atoms with Crippen molar-refractivity contribution in [1.29, 1.82) is 0 Å². The second-order valence-corrected chi connectivity index (χ2v) is 5.42. The van der Waals surface area contributed by atoms with Gasteiger partial charge in [0.05, 0.1) is 0 Å². The molecule has 0 aromatic heterocycles. The zero-order chi connectivity index (χ0) is 13.7. The summed E-state index contributed by atoms with van der Waals surface area (Å²) in [6.45, 7) is 3.42. The van der Waals surface area contributed by atoms with Crippen LogP contribution in [-0.2, 0) is 0 Å². The first-order valence-corrected chi connectivity index (χ1v) is 7.41. The fourth-order valence-electron chi connectivity index (χ4n) is 2.71. The molecule has 0 aliphatic heterocycles. The minimum absolute atomic E-state index is 0.271. The number of nitrogens with one attached hydrogen (secondary N) is 1. The van der Waals surface area contributed by atoms with Crippen LogP contribution in [0.2, 0.25) is 0 Å². The molecule has 1 fully saturated rings. The normalized spacial score (nSPS) is 17.0. The van der Waals surface area contributed by atoms with Gasteiger partial charge in [0.25, 0.3) is 0 Å². The quantitative estimate of drug-likeness (QED) is 0.793. The van der Waals surface area contributed by atoms with Gasteiger partial charge in [-0.05, 0) is 51.3 Å². The predicted octanol–water partition coefficient (Wildman–Crippen LogP) is 2.71.